The van der Waals surface area contributed by atoms with E-state index in [-0.39, 0.29) is 18.1 Å². The number of ether oxygens (including phenoxy) is 1. The molecule has 2 aromatic rings. The van der Waals surface area contributed by atoms with E-state index in [4.69, 9.17) is 9.15 Å². The Bertz CT molecular complexity index is 770. The van der Waals surface area contributed by atoms with Gasteiger partial charge in [-0.15, -0.1) is 10.2 Å². The molecule has 1 aliphatic rings. The van der Waals surface area contributed by atoms with Crippen molar-refractivity contribution in [2.75, 3.05) is 6.61 Å². The molecule has 1 aliphatic carbocycles. The van der Waals surface area contributed by atoms with Crippen LogP contribution in [0.25, 0.3) is 11.5 Å². The summed E-state index contributed by atoms with van der Waals surface area (Å²) in [4.78, 5) is 12.5. The van der Waals surface area contributed by atoms with Crippen LogP contribution in [0.5, 0.6) is 0 Å². The van der Waals surface area contributed by atoms with Crippen LogP contribution in [0.1, 0.15) is 63.8 Å². The summed E-state index contributed by atoms with van der Waals surface area (Å²) in [5, 5.41) is 11.4. The molecule has 1 aromatic heterocycles. The lowest BCUT2D eigenvalue weighted by Gasteiger charge is -2.32. The number of carbonyl (C=O) groups is 1. The Morgan fingerprint density at radius 2 is 1.97 bits per heavy atom. The van der Waals surface area contributed by atoms with Crippen LogP contribution in [-0.4, -0.2) is 34.9 Å². The van der Waals surface area contributed by atoms with Gasteiger partial charge in [-0.1, -0.05) is 44.4 Å². The van der Waals surface area contributed by atoms with Crippen LogP contribution in [0, 0.1) is 12.8 Å². The fourth-order valence-corrected chi connectivity index (χ4v) is 3.58. The quantitative estimate of drug-likeness (QED) is 0.673. The molecule has 1 N–H and O–H groups in total. The molecule has 1 amide bonds. The summed E-state index contributed by atoms with van der Waals surface area (Å²) in [5.74, 6) is 1.63. The molecule has 3 rings (SSSR count). The minimum atomic E-state index is 0.0180. The summed E-state index contributed by atoms with van der Waals surface area (Å²) >= 11 is 0. The maximum Gasteiger partial charge on any atom is 0.247 e. The van der Waals surface area contributed by atoms with E-state index in [1.807, 2.05) is 31.2 Å². The van der Waals surface area contributed by atoms with Crippen molar-refractivity contribution in [3.05, 3.63) is 35.7 Å². The SMILES string of the molecule is Cc1ccc(-c2nnc(CCC(=O)N[C@H]3CCCC[C@H]3OCCC(C)C)o2)cc1. The topological polar surface area (TPSA) is 77.2 Å². The summed E-state index contributed by atoms with van der Waals surface area (Å²) in [6.45, 7) is 7.20. The number of carbonyl (C=O) groups excluding carboxylic acids is 1. The molecule has 0 spiro atoms. The van der Waals surface area contributed by atoms with E-state index in [0.29, 0.717) is 30.5 Å². The van der Waals surface area contributed by atoms with Gasteiger partial charge in [0.15, 0.2) is 0 Å². The number of aromatic nitrogens is 2. The predicted molar refractivity (Wildman–Crippen MR) is 112 cm³/mol. The number of amides is 1. The van der Waals surface area contributed by atoms with Crippen LogP contribution in [0.15, 0.2) is 28.7 Å². The second-order valence-corrected chi connectivity index (χ2v) is 8.42. The number of nitrogens with zero attached hydrogens (tertiary/aromatic N) is 2. The van der Waals surface area contributed by atoms with Crippen molar-refractivity contribution in [2.24, 2.45) is 5.92 Å². The second kappa shape index (κ2) is 10.5. The molecule has 0 saturated heterocycles. The van der Waals surface area contributed by atoms with Crippen LogP contribution in [0.4, 0.5) is 0 Å². The Hall–Kier alpha value is -2.21. The Labute approximate surface area is 173 Å². The number of rotatable bonds is 9. The molecule has 0 aliphatic heterocycles. The normalized spacial score (nSPS) is 19.4. The van der Waals surface area contributed by atoms with Gasteiger partial charge in [-0.05, 0) is 44.2 Å². The third-order valence-electron chi connectivity index (χ3n) is 5.41. The van der Waals surface area contributed by atoms with Gasteiger partial charge in [0.25, 0.3) is 0 Å². The molecule has 29 heavy (non-hydrogen) atoms. The van der Waals surface area contributed by atoms with Crippen LogP contribution >= 0.6 is 0 Å². The van der Waals surface area contributed by atoms with E-state index in [0.717, 1.165) is 37.9 Å². The summed E-state index contributed by atoms with van der Waals surface area (Å²) in [6, 6.07) is 8.05. The summed E-state index contributed by atoms with van der Waals surface area (Å²) in [7, 11) is 0. The van der Waals surface area contributed by atoms with E-state index in [9.17, 15) is 4.79 Å². The molecule has 2 atom stereocenters. The molecule has 0 radical (unpaired) electrons. The number of hydrogen-bond donors (Lipinski definition) is 1. The highest BCUT2D eigenvalue weighted by Gasteiger charge is 2.27. The fourth-order valence-electron chi connectivity index (χ4n) is 3.58. The lowest BCUT2D eigenvalue weighted by Crippen LogP contribution is -2.46. The van der Waals surface area contributed by atoms with Gasteiger partial charge in [0, 0.05) is 25.0 Å². The highest BCUT2D eigenvalue weighted by Crippen LogP contribution is 2.22. The van der Waals surface area contributed by atoms with E-state index in [1.165, 1.54) is 12.0 Å². The zero-order valence-corrected chi connectivity index (χ0v) is 17.8. The zero-order chi connectivity index (χ0) is 20.6. The maximum atomic E-state index is 12.5. The zero-order valence-electron chi connectivity index (χ0n) is 17.8. The number of nitrogens with one attached hydrogen (secondary N) is 1. The van der Waals surface area contributed by atoms with Gasteiger partial charge in [0.2, 0.25) is 17.7 Å². The van der Waals surface area contributed by atoms with Gasteiger partial charge in [-0.25, -0.2) is 0 Å². The van der Waals surface area contributed by atoms with Crippen molar-refractivity contribution < 1.29 is 13.9 Å². The Balaban J connectivity index is 1.47. The first-order chi connectivity index (χ1) is 14.0. The first-order valence-corrected chi connectivity index (χ1v) is 10.8. The molecule has 1 aromatic carbocycles. The van der Waals surface area contributed by atoms with Gasteiger partial charge in [0.1, 0.15) is 0 Å². The van der Waals surface area contributed by atoms with Crippen molar-refractivity contribution in [1.29, 1.82) is 0 Å². The average Bonchev–Trinajstić information content (AvgIpc) is 3.17. The average molecular weight is 400 g/mol. The molecule has 6 heteroatoms. The van der Waals surface area contributed by atoms with Gasteiger partial charge in [-0.2, -0.15) is 0 Å². The van der Waals surface area contributed by atoms with Crippen molar-refractivity contribution >= 4 is 5.91 Å². The molecule has 0 unspecified atom stereocenters. The lowest BCUT2D eigenvalue weighted by atomic mass is 9.92. The minimum absolute atomic E-state index is 0.0180. The van der Waals surface area contributed by atoms with Crippen molar-refractivity contribution in [2.45, 2.75) is 77.9 Å². The van der Waals surface area contributed by atoms with Gasteiger partial charge in [-0.3, -0.25) is 4.79 Å². The smallest absolute Gasteiger partial charge is 0.247 e. The summed E-state index contributed by atoms with van der Waals surface area (Å²) in [6.07, 6.45) is 6.27. The van der Waals surface area contributed by atoms with E-state index in [2.05, 4.69) is 29.4 Å². The predicted octanol–water partition coefficient (Wildman–Crippen LogP) is 4.47. The highest BCUT2D eigenvalue weighted by atomic mass is 16.5. The molecule has 1 fully saturated rings. The number of aryl methyl sites for hydroxylation is 2. The number of hydrogen-bond acceptors (Lipinski definition) is 5. The van der Waals surface area contributed by atoms with Crippen molar-refractivity contribution in [3.8, 4) is 11.5 Å². The lowest BCUT2D eigenvalue weighted by molar-refractivity contribution is -0.123. The molecule has 1 heterocycles. The van der Waals surface area contributed by atoms with Crippen LogP contribution in [0.3, 0.4) is 0 Å². The Morgan fingerprint density at radius 1 is 1.21 bits per heavy atom. The van der Waals surface area contributed by atoms with Gasteiger partial charge in [0.05, 0.1) is 12.1 Å². The molecule has 1 saturated carbocycles. The molecular formula is C23H33N3O3. The van der Waals surface area contributed by atoms with E-state index in [1.54, 1.807) is 0 Å². The molecular weight excluding hydrogens is 366 g/mol. The minimum Gasteiger partial charge on any atom is -0.421 e. The molecule has 0 bridgehead atoms. The first kappa shape index (κ1) is 21.5. The second-order valence-electron chi connectivity index (χ2n) is 8.42. The molecule has 6 nitrogen and oxygen atoms in total. The van der Waals surface area contributed by atoms with Crippen molar-refractivity contribution in [3.63, 3.8) is 0 Å². The van der Waals surface area contributed by atoms with Crippen LogP contribution < -0.4 is 5.32 Å². The maximum absolute atomic E-state index is 12.5. The molecule has 158 valence electrons. The van der Waals surface area contributed by atoms with Crippen LogP contribution in [0.2, 0.25) is 0 Å². The third kappa shape index (κ3) is 6.67. The van der Waals surface area contributed by atoms with Crippen LogP contribution in [-0.2, 0) is 16.0 Å². The Kier molecular flexibility index (Phi) is 7.81. The van der Waals surface area contributed by atoms with Gasteiger partial charge < -0.3 is 14.5 Å². The standard InChI is InChI=1S/C23H33N3O3/c1-16(2)14-15-28-20-7-5-4-6-19(20)24-21(27)12-13-22-25-26-23(29-22)18-10-8-17(3)9-11-18/h8-11,16,19-20H,4-7,12-15H2,1-3H3,(H,24,27)/t19-,20+/m0/s1. The largest absolute Gasteiger partial charge is 0.421 e. The van der Waals surface area contributed by atoms with E-state index < -0.39 is 0 Å². The number of benzene rings is 1. The van der Waals surface area contributed by atoms with Gasteiger partial charge >= 0.3 is 0 Å². The van der Waals surface area contributed by atoms with E-state index >= 15 is 0 Å². The Morgan fingerprint density at radius 3 is 2.72 bits per heavy atom. The third-order valence-corrected chi connectivity index (χ3v) is 5.41. The van der Waals surface area contributed by atoms with Crippen molar-refractivity contribution in [1.82, 2.24) is 15.5 Å². The highest BCUT2D eigenvalue weighted by molar-refractivity contribution is 5.76. The first-order valence-electron chi connectivity index (χ1n) is 10.8. The monoisotopic (exact) mass is 399 g/mol. The summed E-state index contributed by atoms with van der Waals surface area (Å²) < 4.78 is 11.8. The summed E-state index contributed by atoms with van der Waals surface area (Å²) in [5.41, 5.74) is 2.07. The fraction of sp³-hybridized carbons (Fsp3) is 0.609.